The molecule has 0 spiro atoms. The van der Waals surface area contributed by atoms with Crippen LogP contribution in [0, 0.1) is 0 Å². The van der Waals surface area contributed by atoms with Crippen LogP contribution >= 0.6 is 0 Å². The van der Waals surface area contributed by atoms with Gasteiger partial charge in [0.15, 0.2) is 5.65 Å². The lowest BCUT2D eigenvalue weighted by Crippen LogP contribution is -2.52. The van der Waals surface area contributed by atoms with Gasteiger partial charge in [-0.1, -0.05) is 0 Å². The number of anilines is 3. The summed E-state index contributed by atoms with van der Waals surface area (Å²) in [4.78, 5) is 26.5. The molecule has 0 aromatic carbocycles. The average Bonchev–Trinajstić information content (AvgIpc) is 3.20. The Balaban J connectivity index is 1.52. The van der Waals surface area contributed by atoms with E-state index >= 15 is 0 Å². The molecule has 11 heteroatoms. The lowest BCUT2D eigenvalue weighted by molar-refractivity contribution is -0.0337. The molecule has 0 radical (unpaired) electrons. The predicted molar refractivity (Wildman–Crippen MR) is 111 cm³/mol. The zero-order valence-electron chi connectivity index (χ0n) is 16.8. The summed E-state index contributed by atoms with van der Waals surface area (Å²) in [6, 6.07) is 3.36. The van der Waals surface area contributed by atoms with Crippen molar-refractivity contribution in [3.8, 4) is 11.6 Å². The van der Waals surface area contributed by atoms with Crippen LogP contribution in [0.3, 0.4) is 0 Å². The molecule has 3 aliphatic rings. The van der Waals surface area contributed by atoms with Crippen molar-refractivity contribution >= 4 is 34.4 Å². The van der Waals surface area contributed by atoms with Gasteiger partial charge >= 0.3 is 6.03 Å². The third-order valence-electron chi connectivity index (χ3n) is 5.78. The standard InChI is InChI=1S/C20H21N7O4/c1-21-12-7-15-24-13-6-10(23-19-17(13)29-4-5-30-19)8-31-14-3-2-11(14)25-20(28)27-9-22-16(12)18(27)26-15/h6-7,9,11,14H,2-5,8H2,1H3,(H,25,28)(H2,21,24,26)/t11-,14-/m1/s1. The van der Waals surface area contributed by atoms with E-state index in [9.17, 15) is 4.79 Å². The first-order valence-corrected chi connectivity index (χ1v) is 10.2. The van der Waals surface area contributed by atoms with Crippen LogP contribution in [0.25, 0.3) is 11.2 Å². The zero-order valence-corrected chi connectivity index (χ0v) is 16.8. The number of nitrogens with zero attached hydrogens (tertiary/aromatic N) is 4. The summed E-state index contributed by atoms with van der Waals surface area (Å²) < 4.78 is 19.0. The van der Waals surface area contributed by atoms with Crippen molar-refractivity contribution in [1.29, 1.82) is 0 Å². The molecular weight excluding hydrogens is 402 g/mol. The summed E-state index contributed by atoms with van der Waals surface area (Å²) in [6.45, 7) is 1.17. The molecule has 3 N–H and O–H groups in total. The summed E-state index contributed by atoms with van der Waals surface area (Å²) in [5.74, 6) is 1.49. The van der Waals surface area contributed by atoms with E-state index in [1.165, 1.54) is 10.9 Å². The predicted octanol–water partition coefficient (Wildman–Crippen LogP) is 2.00. The quantitative estimate of drug-likeness (QED) is 0.539. The van der Waals surface area contributed by atoms with E-state index in [0.717, 1.165) is 18.5 Å². The smallest absolute Gasteiger partial charge is 0.328 e. The van der Waals surface area contributed by atoms with E-state index in [1.54, 1.807) is 7.05 Å². The summed E-state index contributed by atoms with van der Waals surface area (Å²) >= 11 is 0. The molecule has 1 amide bonds. The van der Waals surface area contributed by atoms with Gasteiger partial charge < -0.3 is 30.2 Å². The first-order chi connectivity index (χ1) is 15.2. The largest absolute Gasteiger partial charge is 0.483 e. The molecule has 0 saturated heterocycles. The lowest BCUT2D eigenvalue weighted by Gasteiger charge is -2.36. The van der Waals surface area contributed by atoms with Gasteiger partial charge in [0.25, 0.3) is 5.88 Å². The van der Waals surface area contributed by atoms with Gasteiger partial charge in [-0.05, 0) is 18.9 Å². The van der Waals surface area contributed by atoms with Gasteiger partial charge in [-0.3, -0.25) is 0 Å². The van der Waals surface area contributed by atoms with Crippen LogP contribution in [0.1, 0.15) is 18.5 Å². The Labute approximate surface area is 177 Å². The highest BCUT2D eigenvalue weighted by molar-refractivity contribution is 5.94. The van der Waals surface area contributed by atoms with Crippen LogP contribution in [0.4, 0.5) is 22.0 Å². The van der Waals surface area contributed by atoms with E-state index in [-0.39, 0.29) is 18.2 Å². The summed E-state index contributed by atoms with van der Waals surface area (Å²) in [5.41, 5.74) is 3.18. The fourth-order valence-corrected chi connectivity index (χ4v) is 4.03. The number of ether oxygens (including phenoxy) is 3. The number of carbonyl (C=O) groups is 1. The molecule has 4 bridgehead atoms. The number of fused-ring (bicyclic) bond motifs is 6. The van der Waals surface area contributed by atoms with E-state index in [2.05, 4.69) is 30.9 Å². The molecule has 11 nitrogen and oxygen atoms in total. The number of carbonyl (C=O) groups excluding carboxylic acids is 1. The molecule has 2 atom stereocenters. The molecule has 160 valence electrons. The van der Waals surface area contributed by atoms with Gasteiger partial charge in [0.05, 0.1) is 35.8 Å². The van der Waals surface area contributed by atoms with Crippen molar-refractivity contribution < 1.29 is 19.0 Å². The average molecular weight is 423 g/mol. The maximum absolute atomic E-state index is 12.9. The third-order valence-corrected chi connectivity index (χ3v) is 5.78. The molecule has 0 unspecified atom stereocenters. The molecule has 1 fully saturated rings. The number of nitrogens with one attached hydrogen (secondary N) is 3. The van der Waals surface area contributed by atoms with E-state index < -0.39 is 0 Å². The van der Waals surface area contributed by atoms with Gasteiger partial charge in [-0.2, -0.15) is 0 Å². The third kappa shape index (κ3) is 3.00. The monoisotopic (exact) mass is 423 g/mol. The molecule has 31 heavy (non-hydrogen) atoms. The van der Waals surface area contributed by atoms with Crippen molar-refractivity contribution in [2.45, 2.75) is 31.6 Å². The number of hydrogen-bond acceptors (Lipinski definition) is 9. The van der Waals surface area contributed by atoms with E-state index in [1.807, 2.05) is 12.1 Å². The van der Waals surface area contributed by atoms with Crippen molar-refractivity contribution in [3.63, 3.8) is 0 Å². The highest BCUT2D eigenvalue weighted by Crippen LogP contribution is 2.39. The first-order valence-electron chi connectivity index (χ1n) is 10.2. The minimum atomic E-state index is -0.282. The SMILES string of the molecule is CNc1cc2nc3c1ncn3C(=O)N[C@@H]1CC[C@H]1OCc1cc(c3c(n1)OCCO3)N2. The van der Waals surface area contributed by atoms with Gasteiger partial charge in [-0.25, -0.2) is 24.3 Å². The van der Waals surface area contributed by atoms with Gasteiger partial charge in [-0.15, -0.1) is 0 Å². The highest BCUT2D eigenvalue weighted by atomic mass is 16.6. The van der Waals surface area contributed by atoms with Crippen LogP contribution in [-0.4, -0.2) is 58.0 Å². The second-order valence-corrected chi connectivity index (χ2v) is 7.69. The zero-order chi connectivity index (χ0) is 20.9. The Bertz CT molecular complexity index is 1190. The number of pyridine rings is 2. The minimum Gasteiger partial charge on any atom is -0.483 e. The van der Waals surface area contributed by atoms with Gasteiger partial charge in [0, 0.05) is 13.1 Å². The normalized spacial score (nSPS) is 22.0. The van der Waals surface area contributed by atoms with Crippen molar-refractivity contribution in [2.24, 2.45) is 0 Å². The van der Waals surface area contributed by atoms with Crippen molar-refractivity contribution in [1.82, 2.24) is 24.8 Å². The molecule has 1 aliphatic carbocycles. The number of rotatable bonds is 1. The minimum absolute atomic E-state index is 0.0744. The van der Waals surface area contributed by atoms with Crippen molar-refractivity contribution in [3.05, 3.63) is 24.2 Å². The Hall–Kier alpha value is -3.60. The van der Waals surface area contributed by atoms with Gasteiger partial charge in [0.2, 0.25) is 5.75 Å². The first kappa shape index (κ1) is 18.2. The molecule has 5 heterocycles. The molecule has 3 aromatic rings. The lowest BCUT2D eigenvalue weighted by atomic mass is 9.89. The van der Waals surface area contributed by atoms with Crippen LogP contribution in [0.15, 0.2) is 18.5 Å². The molecular formula is C20H21N7O4. The Kier molecular flexibility index (Phi) is 4.10. The summed E-state index contributed by atoms with van der Waals surface area (Å²) in [7, 11) is 1.80. The molecule has 6 rings (SSSR count). The molecule has 3 aromatic heterocycles. The molecule has 2 aliphatic heterocycles. The number of aromatic nitrogens is 4. The fraction of sp³-hybridized carbons (Fsp3) is 0.400. The number of amides is 1. The van der Waals surface area contributed by atoms with Gasteiger partial charge in [0.1, 0.15) is 30.9 Å². The molecule has 1 saturated carbocycles. The number of imidazole rings is 1. The van der Waals surface area contributed by atoms with E-state index in [0.29, 0.717) is 59.8 Å². The van der Waals surface area contributed by atoms with Crippen LogP contribution in [0.5, 0.6) is 11.6 Å². The number of hydrogen-bond donors (Lipinski definition) is 3. The highest BCUT2D eigenvalue weighted by Gasteiger charge is 2.34. The van der Waals surface area contributed by atoms with Crippen molar-refractivity contribution in [2.75, 3.05) is 30.9 Å². The maximum Gasteiger partial charge on any atom is 0.328 e. The van der Waals surface area contributed by atoms with E-state index in [4.69, 9.17) is 14.2 Å². The Morgan fingerprint density at radius 3 is 2.94 bits per heavy atom. The second-order valence-electron chi connectivity index (χ2n) is 7.69. The Morgan fingerprint density at radius 2 is 2.10 bits per heavy atom. The summed E-state index contributed by atoms with van der Waals surface area (Å²) in [6.07, 6.45) is 3.13. The maximum atomic E-state index is 12.9. The van der Waals surface area contributed by atoms with Crippen LogP contribution < -0.4 is 25.4 Å². The Morgan fingerprint density at radius 1 is 1.19 bits per heavy atom. The topological polar surface area (TPSA) is 124 Å². The van der Waals surface area contributed by atoms with Crippen LogP contribution in [-0.2, 0) is 11.3 Å². The fourth-order valence-electron chi connectivity index (χ4n) is 4.03. The van der Waals surface area contributed by atoms with Crippen LogP contribution in [0.2, 0.25) is 0 Å². The summed E-state index contributed by atoms with van der Waals surface area (Å²) in [5, 5.41) is 9.46. The second kappa shape index (κ2) is 6.98.